The maximum atomic E-state index is 12.8. The van der Waals surface area contributed by atoms with Crippen LogP contribution in [0.25, 0.3) is 0 Å². The van der Waals surface area contributed by atoms with Crippen LogP contribution in [0.3, 0.4) is 0 Å². The van der Waals surface area contributed by atoms with Gasteiger partial charge < -0.3 is 14.5 Å². The van der Waals surface area contributed by atoms with E-state index in [1.54, 1.807) is 24.3 Å². The Morgan fingerprint density at radius 2 is 2.00 bits per heavy atom. The van der Waals surface area contributed by atoms with Crippen molar-refractivity contribution in [3.8, 4) is 0 Å². The Hall–Kier alpha value is -3.13. The molecule has 1 atom stereocenters. The summed E-state index contributed by atoms with van der Waals surface area (Å²) in [6.07, 6.45) is 3.04. The van der Waals surface area contributed by atoms with Crippen molar-refractivity contribution in [2.24, 2.45) is 11.0 Å². The minimum absolute atomic E-state index is 0.225. The molecular weight excluding hydrogens is 434 g/mol. The number of rotatable bonds is 9. The number of furan rings is 1. The molecule has 1 aromatic carbocycles. The van der Waals surface area contributed by atoms with E-state index in [4.69, 9.17) is 20.8 Å². The van der Waals surface area contributed by atoms with Crippen molar-refractivity contribution >= 4 is 35.1 Å². The molecule has 8 nitrogen and oxygen atoms in total. The maximum absolute atomic E-state index is 12.8. The van der Waals surface area contributed by atoms with Crippen molar-refractivity contribution in [3.63, 3.8) is 0 Å². The van der Waals surface area contributed by atoms with E-state index in [-0.39, 0.29) is 12.5 Å². The van der Waals surface area contributed by atoms with Crippen molar-refractivity contribution in [1.29, 1.82) is 0 Å². The first-order valence-electron chi connectivity index (χ1n) is 10.4. The number of carbonyl (C=O) groups excluding carboxylic acids is 3. The Balaban J connectivity index is 1.59. The van der Waals surface area contributed by atoms with E-state index in [0.717, 1.165) is 12.0 Å². The summed E-state index contributed by atoms with van der Waals surface area (Å²) in [4.78, 5) is 36.5. The summed E-state index contributed by atoms with van der Waals surface area (Å²) < 4.78 is 10.5. The standard InChI is InChI=1S/C23H26ClN3O5/c1-15(2)5-10-21(28)25-13-23(30)32-14-22(29)27-19(20-4-3-11-31-20)12-18(26-27)16-6-8-17(24)9-7-16/h3-4,6-9,11,15,19H,5,10,12-14H2,1-2H3,(H,25,28). The second-order valence-corrected chi connectivity index (χ2v) is 8.33. The summed E-state index contributed by atoms with van der Waals surface area (Å²) >= 11 is 5.96. The highest BCUT2D eigenvalue weighted by Crippen LogP contribution is 2.33. The van der Waals surface area contributed by atoms with Crippen molar-refractivity contribution in [2.45, 2.75) is 39.2 Å². The Morgan fingerprint density at radius 1 is 1.25 bits per heavy atom. The van der Waals surface area contributed by atoms with Gasteiger partial charge in [-0.15, -0.1) is 0 Å². The van der Waals surface area contributed by atoms with Gasteiger partial charge in [-0.3, -0.25) is 14.4 Å². The molecule has 1 N–H and O–H groups in total. The summed E-state index contributed by atoms with van der Waals surface area (Å²) in [5, 5.41) is 8.84. The van der Waals surface area contributed by atoms with Gasteiger partial charge in [0.05, 0.1) is 12.0 Å². The van der Waals surface area contributed by atoms with Crippen LogP contribution in [0.1, 0.15) is 50.5 Å². The first-order chi connectivity index (χ1) is 15.3. The van der Waals surface area contributed by atoms with Gasteiger partial charge >= 0.3 is 5.97 Å². The molecule has 0 fully saturated rings. The summed E-state index contributed by atoms with van der Waals surface area (Å²) in [5.74, 6) is -0.431. The normalized spacial score (nSPS) is 15.6. The van der Waals surface area contributed by atoms with Gasteiger partial charge in [-0.05, 0) is 42.2 Å². The lowest BCUT2D eigenvalue weighted by atomic mass is 10.0. The number of amides is 2. The van der Waals surface area contributed by atoms with Crippen LogP contribution in [0.4, 0.5) is 0 Å². The molecule has 2 heterocycles. The highest BCUT2D eigenvalue weighted by Gasteiger charge is 2.35. The van der Waals surface area contributed by atoms with Gasteiger partial charge in [0.2, 0.25) is 5.91 Å². The maximum Gasteiger partial charge on any atom is 0.325 e. The molecule has 0 bridgehead atoms. The van der Waals surface area contributed by atoms with Gasteiger partial charge in [-0.1, -0.05) is 37.6 Å². The van der Waals surface area contributed by atoms with Gasteiger partial charge in [0.15, 0.2) is 6.61 Å². The van der Waals surface area contributed by atoms with E-state index < -0.39 is 24.5 Å². The molecule has 0 spiro atoms. The average Bonchev–Trinajstić information content (AvgIpc) is 3.45. The smallest absolute Gasteiger partial charge is 0.325 e. The van der Waals surface area contributed by atoms with Gasteiger partial charge in [-0.25, -0.2) is 5.01 Å². The van der Waals surface area contributed by atoms with Crippen molar-refractivity contribution in [3.05, 3.63) is 59.0 Å². The number of hydrazone groups is 1. The van der Waals surface area contributed by atoms with Crippen LogP contribution in [0.5, 0.6) is 0 Å². The number of carbonyl (C=O) groups is 3. The molecule has 0 aliphatic carbocycles. The SMILES string of the molecule is CC(C)CCC(=O)NCC(=O)OCC(=O)N1N=C(c2ccc(Cl)cc2)CC1c1ccco1. The number of nitrogens with zero attached hydrogens (tertiary/aromatic N) is 2. The van der Waals surface area contributed by atoms with Crippen LogP contribution in [-0.4, -0.2) is 41.7 Å². The van der Waals surface area contributed by atoms with Gasteiger partial charge in [0, 0.05) is 17.9 Å². The fraction of sp³-hybridized carbons (Fsp3) is 0.391. The quantitative estimate of drug-likeness (QED) is 0.576. The number of esters is 1. The zero-order valence-corrected chi connectivity index (χ0v) is 18.8. The fourth-order valence-electron chi connectivity index (χ4n) is 3.20. The summed E-state index contributed by atoms with van der Waals surface area (Å²) in [7, 11) is 0. The molecule has 2 aromatic rings. The number of benzene rings is 1. The minimum atomic E-state index is -0.688. The van der Waals surface area contributed by atoms with Crippen molar-refractivity contribution in [2.75, 3.05) is 13.2 Å². The number of nitrogens with one attached hydrogen (secondary N) is 1. The lowest BCUT2D eigenvalue weighted by Gasteiger charge is -2.19. The summed E-state index contributed by atoms with van der Waals surface area (Å²) in [5.41, 5.74) is 1.53. The molecule has 1 unspecified atom stereocenters. The molecule has 0 saturated carbocycles. The Kier molecular flexibility index (Phi) is 8.05. The molecule has 1 aromatic heterocycles. The zero-order chi connectivity index (χ0) is 23.1. The third-order valence-electron chi connectivity index (χ3n) is 4.95. The van der Waals surface area contributed by atoms with Crippen LogP contribution >= 0.6 is 11.6 Å². The third-order valence-corrected chi connectivity index (χ3v) is 5.20. The van der Waals surface area contributed by atoms with E-state index in [2.05, 4.69) is 10.4 Å². The molecule has 3 rings (SSSR count). The van der Waals surface area contributed by atoms with Gasteiger partial charge in [0.25, 0.3) is 5.91 Å². The van der Waals surface area contributed by atoms with E-state index >= 15 is 0 Å². The number of hydrogen-bond donors (Lipinski definition) is 1. The van der Waals surface area contributed by atoms with E-state index in [9.17, 15) is 14.4 Å². The number of ether oxygens (including phenoxy) is 1. The molecular formula is C23H26ClN3O5. The predicted molar refractivity (Wildman–Crippen MR) is 119 cm³/mol. The lowest BCUT2D eigenvalue weighted by Crippen LogP contribution is -2.34. The Morgan fingerprint density at radius 3 is 2.66 bits per heavy atom. The highest BCUT2D eigenvalue weighted by molar-refractivity contribution is 6.30. The molecule has 9 heteroatoms. The zero-order valence-electron chi connectivity index (χ0n) is 18.0. The van der Waals surface area contributed by atoms with Crippen LogP contribution in [0.15, 0.2) is 52.2 Å². The molecule has 0 radical (unpaired) electrons. The molecule has 170 valence electrons. The summed E-state index contributed by atoms with van der Waals surface area (Å²) in [6, 6.07) is 10.2. The monoisotopic (exact) mass is 459 g/mol. The Bertz CT molecular complexity index is 970. The highest BCUT2D eigenvalue weighted by atomic mass is 35.5. The van der Waals surface area contributed by atoms with E-state index in [1.807, 2.05) is 26.0 Å². The third kappa shape index (κ3) is 6.43. The molecule has 32 heavy (non-hydrogen) atoms. The van der Waals surface area contributed by atoms with Gasteiger partial charge in [-0.2, -0.15) is 5.10 Å². The Labute approximate surface area is 191 Å². The average molecular weight is 460 g/mol. The molecule has 2 amide bonds. The topological polar surface area (TPSA) is 101 Å². The molecule has 1 aliphatic rings. The molecule has 1 aliphatic heterocycles. The van der Waals surface area contributed by atoms with E-state index in [0.29, 0.717) is 35.3 Å². The van der Waals surface area contributed by atoms with Crippen molar-refractivity contribution < 1.29 is 23.5 Å². The van der Waals surface area contributed by atoms with Crippen LogP contribution in [0, 0.1) is 5.92 Å². The second-order valence-electron chi connectivity index (χ2n) is 7.90. The predicted octanol–water partition coefficient (Wildman–Crippen LogP) is 3.71. The van der Waals surface area contributed by atoms with Crippen LogP contribution in [0.2, 0.25) is 5.02 Å². The first kappa shape index (κ1) is 23.5. The summed E-state index contributed by atoms with van der Waals surface area (Å²) in [6.45, 7) is 3.26. The van der Waals surface area contributed by atoms with Crippen LogP contribution < -0.4 is 5.32 Å². The number of hydrogen-bond acceptors (Lipinski definition) is 6. The molecule has 0 saturated heterocycles. The van der Waals surface area contributed by atoms with E-state index in [1.165, 1.54) is 11.3 Å². The van der Waals surface area contributed by atoms with Crippen molar-refractivity contribution in [1.82, 2.24) is 10.3 Å². The van der Waals surface area contributed by atoms with Gasteiger partial charge in [0.1, 0.15) is 18.3 Å². The number of halogens is 1. The largest absolute Gasteiger partial charge is 0.467 e. The fourth-order valence-corrected chi connectivity index (χ4v) is 3.32. The van der Waals surface area contributed by atoms with Crippen LogP contribution in [-0.2, 0) is 19.1 Å². The minimum Gasteiger partial charge on any atom is -0.467 e. The lowest BCUT2D eigenvalue weighted by molar-refractivity contribution is -0.152. The second kappa shape index (κ2) is 10.9. The first-order valence-corrected chi connectivity index (χ1v) is 10.8.